The SMILES string of the molecule is O=C(O)C1CCCCN1C(=O)c1ccc(N2CCC(N3C(=O)OCc4ccccc43)CC2)c([N+](=O)[O-])c1. The second-order valence-corrected chi connectivity index (χ2v) is 9.58. The molecule has 37 heavy (non-hydrogen) atoms. The van der Waals surface area contributed by atoms with Gasteiger partial charge in [-0.15, -0.1) is 0 Å². The maximum Gasteiger partial charge on any atom is 0.414 e. The minimum atomic E-state index is -1.07. The predicted molar refractivity (Wildman–Crippen MR) is 134 cm³/mol. The van der Waals surface area contributed by atoms with Gasteiger partial charge in [0.15, 0.2) is 0 Å². The number of amides is 2. The number of cyclic esters (lactones) is 1. The first-order valence-corrected chi connectivity index (χ1v) is 12.5. The summed E-state index contributed by atoms with van der Waals surface area (Å²) < 4.78 is 5.35. The number of nitro benzene ring substituents is 1. The molecule has 11 heteroatoms. The first-order valence-electron chi connectivity index (χ1n) is 12.5. The van der Waals surface area contributed by atoms with Gasteiger partial charge in [-0.2, -0.15) is 0 Å². The van der Waals surface area contributed by atoms with Crippen LogP contribution in [0.1, 0.15) is 48.0 Å². The number of carbonyl (C=O) groups is 3. The van der Waals surface area contributed by atoms with Crippen molar-refractivity contribution in [2.45, 2.75) is 50.8 Å². The van der Waals surface area contributed by atoms with Gasteiger partial charge in [0.1, 0.15) is 18.3 Å². The number of nitro groups is 1. The van der Waals surface area contributed by atoms with E-state index in [2.05, 4.69) is 0 Å². The zero-order valence-electron chi connectivity index (χ0n) is 20.2. The van der Waals surface area contributed by atoms with Crippen molar-refractivity contribution in [3.05, 3.63) is 63.7 Å². The van der Waals surface area contributed by atoms with Crippen molar-refractivity contribution in [1.29, 1.82) is 0 Å². The highest BCUT2D eigenvalue weighted by atomic mass is 16.6. The Morgan fingerprint density at radius 2 is 1.76 bits per heavy atom. The Balaban J connectivity index is 1.34. The number of fused-ring (bicyclic) bond motifs is 1. The number of anilines is 2. The molecule has 11 nitrogen and oxygen atoms in total. The molecule has 1 unspecified atom stereocenters. The molecule has 0 aliphatic carbocycles. The second kappa shape index (κ2) is 10.1. The van der Waals surface area contributed by atoms with E-state index in [1.807, 2.05) is 29.2 Å². The van der Waals surface area contributed by atoms with Gasteiger partial charge in [-0.05, 0) is 50.3 Å². The number of para-hydroxylation sites is 1. The quantitative estimate of drug-likeness (QED) is 0.476. The lowest BCUT2D eigenvalue weighted by molar-refractivity contribution is -0.384. The number of benzene rings is 2. The maximum atomic E-state index is 13.1. The standard InChI is InChI=1S/C26H28N4O7/c31-24(28-12-4-3-7-22(28)25(32)33)17-8-9-21(23(15-17)30(35)36)27-13-10-19(11-14-27)29-20-6-2-1-5-18(20)16-37-26(29)34/h1-2,5-6,8-9,15,19,22H,3-4,7,10-14,16H2,(H,32,33). The first-order chi connectivity index (χ1) is 17.8. The van der Waals surface area contributed by atoms with Gasteiger partial charge in [0.2, 0.25) is 0 Å². The number of nitrogens with zero attached hydrogens (tertiary/aromatic N) is 4. The van der Waals surface area contributed by atoms with E-state index in [1.165, 1.54) is 17.0 Å². The molecule has 3 aliphatic heterocycles. The third-order valence-electron chi connectivity index (χ3n) is 7.44. The molecule has 1 atom stereocenters. The lowest BCUT2D eigenvalue weighted by Crippen LogP contribution is -2.49. The van der Waals surface area contributed by atoms with Gasteiger partial charge < -0.3 is 19.6 Å². The summed E-state index contributed by atoms with van der Waals surface area (Å²) in [5.41, 5.74) is 2.08. The molecule has 0 aromatic heterocycles. The highest BCUT2D eigenvalue weighted by molar-refractivity contribution is 5.98. The number of piperidine rings is 2. The van der Waals surface area contributed by atoms with Crippen LogP contribution in [0, 0.1) is 10.1 Å². The monoisotopic (exact) mass is 508 g/mol. The van der Waals surface area contributed by atoms with E-state index in [9.17, 15) is 29.6 Å². The summed E-state index contributed by atoms with van der Waals surface area (Å²) in [6.45, 7) is 1.52. The van der Waals surface area contributed by atoms with Gasteiger partial charge in [-0.1, -0.05) is 18.2 Å². The molecule has 2 aromatic rings. The molecular weight excluding hydrogens is 480 g/mol. The zero-order valence-corrected chi connectivity index (χ0v) is 20.2. The number of likely N-dealkylation sites (tertiary alicyclic amines) is 1. The Bertz CT molecular complexity index is 1240. The molecule has 2 aromatic carbocycles. The van der Waals surface area contributed by atoms with E-state index in [1.54, 1.807) is 11.0 Å². The normalized spacial score (nSPS) is 20.3. The summed E-state index contributed by atoms with van der Waals surface area (Å²) in [7, 11) is 0. The van der Waals surface area contributed by atoms with Crippen LogP contribution in [-0.2, 0) is 16.1 Å². The van der Waals surface area contributed by atoms with Crippen LogP contribution in [0.15, 0.2) is 42.5 Å². The van der Waals surface area contributed by atoms with Crippen LogP contribution in [0.5, 0.6) is 0 Å². The van der Waals surface area contributed by atoms with Crippen LogP contribution in [0.3, 0.4) is 0 Å². The van der Waals surface area contributed by atoms with E-state index in [4.69, 9.17) is 4.74 Å². The minimum absolute atomic E-state index is 0.0999. The van der Waals surface area contributed by atoms with Gasteiger partial charge in [-0.25, -0.2) is 9.59 Å². The molecule has 5 rings (SSSR count). The van der Waals surface area contributed by atoms with Crippen LogP contribution in [0.4, 0.5) is 21.9 Å². The zero-order chi connectivity index (χ0) is 26.1. The van der Waals surface area contributed by atoms with Crippen LogP contribution in [0.2, 0.25) is 0 Å². The Morgan fingerprint density at radius 1 is 1.00 bits per heavy atom. The molecule has 2 fully saturated rings. The average molecular weight is 509 g/mol. The molecule has 3 aliphatic rings. The topological polar surface area (TPSA) is 134 Å². The van der Waals surface area contributed by atoms with Crippen molar-refractivity contribution in [3.63, 3.8) is 0 Å². The Kier molecular flexibility index (Phi) is 6.68. The second-order valence-electron chi connectivity index (χ2n) is 9.58. The van der Waals surface area contributed by atoms with Crippen molar-refractivity contribution in [2.75, 3.05) is 29.4 Å². The van der Waals surface area contributed by atoms with Gasteiger partial charge >= 0.3 is 12.1 Å². The molecule has 0 radical (unpaired) electrons. The summed E-state index contributed by atoms with van der Waals surface area (Å²) in [4.78, 5) is 53.6. The molecular formula is C26H28N4O7. The van der Waals surface area contributed by atoms with Crippen LogP contribution in [0.25, 0.3) is 0 Å². The molecule has 1 N–H and O–H groups in total. The number of ether oxygens (including phenoxy) is 1. The third-order valence-corrected chi connectivity index (χ3v) is 7.44. The number of carbonyl (C=O) groups excluding carboxylic acids is 2. The Labute approximate surface area is 213 Å². The van der Waals surface area contributed by atoms with Gasteiger partial charge in [0, 0.05) is 42.9 Å². The predicted octanol–water partition coefficient (Wildman–Crippen LogP) is 3.80. The Morgan fingerprint density at radius 3 is 2.49 bits per heavy atom. The van der Waals surface area contributed by atoms with Gasteiger partial charge in [0.25, 0.3) is 11.6 Å². The van der Waals surface area contributed by atoms with Crippen molar-refractivity contribution < 1.29 is 29.2 Å². The number of hydrogen-bond acceptors (Lipinski definition) is 7. The van der Waals surface area contributed by atoms with Crippen molar-refractivity contribution in [2.24, 2.45) is 0 Å². The van der Waals surface area contributed by atoms with Crippen molar-refractivity contribution in [3.8, 4) is 0 Å². The molecule has 2 amide bonds. The van der Waals surface area contributed by atoms with Crippen LogP contribution >= 0.6 is 0 Å². The lowest BCUT2D eigenvalue weighted by atomic mass is 9.99. The van der Waals surface area contributed by atoms with E-state index in [0.717, 1.165) is 17.7 Å². The number of carboxylic acids is 1. The largest absolute Gasteiger partial charge is 0.480 e. The summed E-state index contributed by atoms with van der Waals surface area (Å²) in [6, 6.07) is 10.9. The minimum Gasteiger partial charge on any atom is -0.480 e. The fraction of sp³-hybridized carbons (Fsp3) is 0.423. The fourth-order valence-electron chi connectivity index (χ4n) is 5.55. The summed E-state index contributed by atoms with van der Waals surface area (Å²) in [5, 5.41) is 21.5. The van der Waals surface area contributed by atoms with E-state index in [0.29, 0.717) is 51.0 Å². The molecule has 194 valence electrons. The number of aliphatic carboxylic acids is 1. The Hall–Kier alpha value is -4.15. The van der Waals surface area contributed by atoms with Gasteiger partial charge in [-0.3, -0.25) is 19.8 Å². The molecule has 0 spiro atoms. The molecule has 3 heterocycles. The average Bonchev–Trinajstić information content (AvgIpc) is 2.92. The highest BCUT2D eigenvalue weighted by Crippen LogP contribution is 2.36. The van der Waals surface area contributed by atoms with Crippen LogP contribution < -0.4 is 9.80 Å². The van der Waals surface area contributed by atoms with Crippen LogP contribution in [-0.4, -0.2) is 64.6 Å². The highest BCUT2D eigenvalue weighted by Gasteiger charge is 2.36. The maximum absolute atomic E-state index is 13.1. The smallest absolute Gasteiger partial charge is 0.414 e. The van der Waals surface area contributed by atoms with E-state index in [-0.39, 0.29) is 30.0 Å². The van der Waals surface area contributed by atoms with E-state index >= 15 is 0 Å². The van der Waals surface area contributed by atoms with Crippen molar-refractivity contribution in [1.82, 2.24) is 4.90 Å². The first kappa shape index (κ1) is 24.5. The summed E-state index contributed by atoms with van der Waals surface area (Å²) in [5.74, 6) is -1.58. The molecule has 2 saturated heterocycles. The summed E-state index contributed by atoms with van der Waals surface area (Å²) >= 11 is 0. The molecule has 0 bridgehead atoms. The molecule has 0 saturated carbocycles. The third kappa shape index (κ3) is 4.68. The van der Waals surface area contributed by atoms with E-state index < -0.39 is 22.8 Å². The van der Waals surface area contributed by atoms with Crippen molar-refractivity contribution >= 4 is 35.0 Å². The number of rotatable bonds is 5. The number of carboxylic acid groups (broad SMARTS) is 1. The number of hydrogen-bond donors (Lipinski definition) is 1. The lowest BCUT2D eigenvalue weighted by Gasteiger charge is -2.40. The summed E-state index contributed by atoms with van der Waals surface area (Å²) in [6.07, 6.45) is 2.58. The fourth-order valence-corrected chi connectivity index (χ4v) is 5.55. The van der Waals surface area contributed by atoms with Gasteiger partial charge in [0.05, 0.1) is 10.6 Å².